The first-order valence-corrected chi connectivity index (χ1v) is 5.22. The highest BCUT2D eigenvalue weighted by Gasteiger charge is 2.36. The Morgan fingerprint density at radius 2 is 2.06 bits per heavy atom. The van der Waals surface area contributed by atoms with Crippen molar-refractivity contribution in [3.63, 3.8) is 0 Å². The topological polar surface area (TPSA) is 43.4 Å². The minimum atomic E-state index is -4.76. The molecule has 0 fully saturated rings. The van der Waals surface area contributed by atoms with E-state index in [2.05, 4.69) is 4.74 Å². The van der Waals surface area contributed by atoms with Gasteiger partial charge in [-0.05, 0) is 12.1 Å². The summed E-state index contributed by atoms with van der Waals surface area (Å²) in [6.07, 6.45) is -4.77. The number of rotatable bonds is 4. The lowest BCUT2D eigenvalue weighted by Gasteiger charge is -2.14. The summed E-state index contributed by atoms with van der Waals surface area (Å²) in [5.41, 5.74) is -2.34. The van der Waals surface area contributed by atoms with Crippen LogP contribution in [0.15, 0.2) is 12.1 Å². The van der Waals surface area contributed by atoms with E-state index in [-0.39, 0.29) is 12.0 Å². The normalized spacial score (nSPS) is 11.2. The summed E-state index contributed by atoms with van der Waals surface area (Å²) in [5, 5.41) is 0. The molecule has 0 aromatic heterocycles. The van der Waals surface area contributed by atoms with Gasteiger partial charge in [0.2, 0.25) is 0 Å². The van der Waals surface area contributed by atoms with E-state index in [1.54, 1.807) is 0 Å². The number of carbonyl (C=O) groups excluding carboxylic acids is 2. The van der Waals surface area contributed by atoms with E-state index in [0.29, 0.717) is 6.07 Å². The van der Waals surface area contributed by atoms with Crippen LogP contribution in [0.25, 0.3) is 0 Å². The van der Waals surface area contributed by atoms with Crippen LogP contribution in [0.1, 0.15) is 26.3 Å². The molecule has 0 N–H and O–H groups in total. The Hall–Kier alpha value is -1.56. The lowest BCUT2D eigenvalue weighted by atomic mass is 9.98. The molecule has 0 unspecified atom stereocenters. The number of methoxy groups -OCH3 is 1. The minimum absolute atomic E-state index is 0.0119. The smallest absolute Gasteiger partial charge is 0.417 e. The molecular weight excluding hydrogens is 273 g/mol. The van der Waals surface area contributed by atoms with E-state index in [1.807, 2.05) is 0 Å². The molecule has 0 saturated carbocycles. The fourth-order valence-corrected chi connectivity index (χ4v) is 1.55. The third kappa shape index (κ3) is 2.81. The summed E-state index contributed by atoms with van der Waals surface area (Å²) in [5.74, 6) is -1.46. The number of carbonyl (C=O) groups is 2. The second kappa shape index (κ2) is 5.39. The lowest BCUT2D eigenvalue weighted by molar-refractivity contribution is -0.137. The Kier molecular flexibility index (Phi) is 4.34. The Bertz CT molecular complexity index is 483. The van der Waals surface area contributed by atoms with Gasteiger partial charge >= 0.3 is 6.18 Å². The number of Topliss-reactive ketones (excluding diaryl/α,β-unsaturated/α-hetero) is 1. The van der Waals surface area contributed by atoms with Crippen molar-refractivity contribution >= 4 is 23.7 Å². The Balaban J connectivity index is 3.60. The fraction of sp³-hybridized carbons (Fsp3) is 0.273. The van der Waals surface area contributed by atoms with Crippen molar-refractivity contribution in [1.29, 1.82) is 0 Å². The number of alkyl halides is 4. The SMILES string of the molecule is COc1cc(C(=O)CCl)c(C=O)c(C(F)(F)F)c1. The molecule has 1 rings (SSSR count). The molecule has 0 saturated heterocycles. The van der Waals surface area contributed by atoms with Crippen molar-refractivity contribution in [3.05, 3.63) is 28.8 Å². The average molecular weight is 281 g/mol. The highest BCUT2D eigenvalue weighted by Crippen LogP contribution is 2.35. The summed E-state index contributed by atoms with van der Waals surface area (Å²) in [4.78, 5) is 22.2. The van der Waals surface area contributed by atoms with Crippen molar-refractivity contribution in [2.75, 3.05) is 13.0 Å². The number of benzene rings is 1. The third-order valence-corrected chi connectivity index (χ3v) is 2.48. The van der Waals surface area contributed by atoms with Crippen LogP contribution in [-0.2, 0) is 6.18 Å². The summed E-state index contributed by atoms with van der Waals surface area (Å²) < 4.78 is 42.9. The van der Waals surface area contributed by atoms with Gasteiger partial charge in [-0.1, -0.05) is 0 Å². The molecule has 0 amide bonds. The largest absolute Gasteiger partial charge is 0.497 e. The van der Waals surface area contributed by atoms with E-state index in [1.165, 1.54) is 0 Å². The van der Waals surface area contributed by atoms with Crippen LogP contribution in [0.5, 0.6) is 5.75 Å². The predicted molar refractivity (Wildman–Crippen MR) is 58.4 cm³/mol. The van der Waals surface area contributed by atoms with Gasteiger partial charge < -0.3 is 4.74 Å². The zero-order chi connectivity index (χ0) is 13.9. The first-order chi connectivity index (χ1) is 8.35. The van der Waals surface area contributed by atoms with Gasteiger partial charge in [-0.3, -0.25) is 9.59 Å². The van der Waals surface area contributed by atoms with Gasteiger partial charge in [0.05, 0.1) is 18.6 Å². The molecule has 0 aliphatic carbocycles. The van der Waals surface area contributed by atoms with Crippen LogP contribution < -0.4 is 4.74 Å². The van der Waals surface area contributed by atoms with E-state index in [9.17, 15) is 22.8 Å². The Labute approximate surface area is 105 Å². The molecule has 98 valence electrons. The maximum atomic E-state index is 12.7. The van der Waals surface area contributed by atoms with Crippen molar-refractivity contribution in [1.82, 2.24) is 0 Å². The van der Waals surface area contributed by atoms with Crippen molar-refractivity contribution < 1.29 is 27.5 Å². The Morgan fingerprint density at radius 1 is 1.44 bits per heavy atom. The molecule has 0 atom stereocenters. The summed E-state index contributed by atoms with van der Waals surface area (Å²) >= 11 is 5.29. The first-order valence-electron chi connectivity index (χ1n) is 4.68. The zero-order valence-corrected chi connectivity index (χ0v) is 9.93. The molecule has 18 heavy (non-hydrogen) atoms. The number of halogens is 4. The van der Waals surface area contributed by atoms with E-state index < -0.39 is 34.5 Å². The average Bonchev–Trinajstić information content (AvgIpc) is 2.34. The molecule has 0 radical (unpaired) electrons. The number of hydrogen-bond donors (Lipinski definition) is 0. The number of ketones is 1. The summed E-state index contributed by atoms with van der Waals surface area (Å²) in [7, 11) is 1.16. The van der Waals surface area contributed by atoms with Gasteiger partial charge in [0.25, 0.3) is 0 Å². The third-order valence-electron chi connectivity index (χ3n) is 2.23. The van der Waals surface area contributed by atoms with Gasteiger partial charge in [-0.25, -0.2) is 0 Å². The zero-order valence-electron chi connectivity index (χ0n) is 9.18. The van der Waals surface area contributed by atoms with E-state index >= 15 is 0 Å². The number of hydrogen-bond acceptors (Lipinski definition) is 3. The summed E-state index contributed by atoms with van der Waals surface area (Å²) in [6.45, 7) is 0. The number of ether oxygens (including phenoxy) is 1. The van der Waals surface area contributed by atoms with Crippen molar-refractivity contribution in [2.24, 2.45) is 0 Å². The highest BCUT2D eigenvalue weighted by atomic mass is 35.5. The standard InChI is InChI=1S/C11H8ClF3O3/c1-18-6-2-7(10(17)4-12)8(5-16)9(3-6)11(13,14)15/h2-3,5H,4H2,1H3. The van der Waals surface area contributed by atoms with Gasteiger partial charge in [-0.2, -0.15) is 13.2 Å². The van der Waals surface area contributed by atoms with Crippen LogP contribution in [0.4, 0.5) is 13.2 Å². The molecule has 0 aliphatic rings. The van der Waals surface area contributed by atoms with Gasteiger partial charge in [-0.15, -0.1) is 11.6 Å². The molecule has 1 aromatic rings. The second-order valence-electron chi connectivity index (χ2n) is 3.31. The van der Waals surface area contributed by atoms with Crippen molar-refractivity contribution in [3.8, 4) is 5.75 Å². The second-order valence-corrected chi connectivity index (χ2v) is 3.58. The molecule has 0 bridgehead atoms. The molecule has 0 spiro atoms. The molecule has 0 aliphatic heterocycles. The van der Waals surface area contributed by atoms with E-state index in [0.717, 1.165) is 13.2 Å². The van der Waals surface area contributed by atoms with Crippen LogP contribution in [0.2, 0.25) is 0 Å². The molecule has 0 heterocycles. The minimum Gasteiger partial charge on any atom is -0.497 e. The van der Waals surface area contributed by atoms with Gasteiger partial charge in [0, 0.05) is 11.1 Å². The molecule has 3 nitrogen and oxygen atoms in total. The highest BCUT2D eigenvalue weighted by molar-refractivity contribution is 6.31. The lowest BCUT2D eigenvalue weighted by Crippen LogP contribution is -2.14. The van der Waals surface area contributed by atoms with Crippen LogP contribution in [0, 0.1) is 0 Å². The van der Waals surface area contributed by atoms with Gasteiger partial charge in [0.15, 0.2) is 12.1 Å². The molecule has 7 heteroatoms. The molecule has 1 aromatic carbocycles. The van der Waals surface area contributed by atoms with Crippen LogP contribution >= 0.6 is 11.6 Å². The summed E-state index contributed by atoms with van der Waals surface area (Å²) in [6, 6.07) is 1.72. The maximum Gasteiger partial charge on any atom is 0.417 e. The van der Waals surface area contributed by atoms with Crippen LogP contribution in [0.3, 0.4) is 0 Å². The molecular formula is C11H8ClF3O3. The van der Waals surface area contributed by atoms with Crippen LogP contribution in [-0.4, -0.2) is 25.1 Å². The monoisotopic (exact) mass is 280 g/mol. The quantitative estimate of drug-likeness (QED) is 0.484. The van der Waals surface area contributed by atoms with Gasteiger partial charge in [0.1, 0.15) is 5.75 Å². The predicted octanol–water partition coefficient (Wildman–Crippen LogP) is 2.95. The fourth-order valence-electron chi connectivity index (χ4n) is 1.41. The van der Waals surface area contributed by atoms with E-state index in [4.69, 9.17) is 11.6 Å². The Morgan fingerprint density at radius 3 is 2.44 bits per heavy atom. The maximum absolute atomic E-state index is 12.7. The number of aldehydes is 1. The first kappa shape index (κ1) is 14.5. The van der Waals surface area contributed by atoms with Crippen molar-refractivity contribution in [2.45, 2.75) is 6.18 Å².